The minimum atomic E-state index is 0.279. The predicted molar refractivity (Wildman–Crippen MR) is 77.1 cm³/mol. The van der Waals surface area contributed by atoms with Gasteiger partial charge in [-0.25, -0.2) is 4.52 Å². The third-order valence-electron chi connectivity index (χ3n) is 3.46. The fourth-order valence-corrected chi connectivity index (χ4v) is 2.50. The van der Waals surface area contributed by atoms with E-state index in [1.807, 2.05) is 42.3 Å². The second-order valence-corrected chi connectivity index (χ2v) is 4.69. The summed E-state index contributed by atoms with van der Waals surface area (Å²) in [5.41, 5.74) is 9.65. The number of benzene rings is 1. The third-order valence-corrected chi connectivity index (χ3v) is 3.46. The van der Waals surface area contributed by atoms with E-state index in [4.69, 9.17) is 5.73 Å². The molecule has 0 aliphatic heterocycles. The van der Waals surface area contributed by atoms with Gasteiger partial charge in [-0.15, -0.1) is 5.10 Å². The number of aromatic nitrogens is 5. The summed E-state index contributed by atoms with van der Waals surface area (Å²) in [4.78, 5) is 4.19. The van der Waals surface area contributed by atoms with E-state index in [0.717, 1.165) is 27.7 Å². The molecule has 0 amide bonds. The van der Waals surface area contributed by atoms with Crippen molar-refractivity contribution in [1.29, 1.82) is 0 Å². The molecular formula is C14H12N6. The lowest BCUT2D eigenvalue weighted by molar-refractivity contribution is 0.797. The van der Waals surface area contributed by atoms with Crippen LogP contribution in [0.1, 0.15) is 0 Å². The van der Waals surface area contributed by atoms with Crippen molar-refractivity contribution >= 4 is 22.5 Å². The van der Waals surface area contributed by atoms with Gasteiger partial charge in [0.05, 0.1) is 11.7 Å². The van der Waals surface area contributed by atoms with Crippen LogP contribution in [0.4, 0.5) is 5.95 Å². The Morgan fingerprint density at radius 3 is 3.00 bits per heavy atom. The fraction of sp³-hybridized carbons (Fsp3) is 0.0714. The Hall–Kier alpha value is -2.89. The molecule has 3 aromatic heterocycles. The zero-order valence-electron chi connectivity index (χ0n) is 10.9. The number of anilines is 1. The normalized spacial score (nSPS) is 11.4. The maximum atomic E-state index is 5.62. The highest BCUT2D eigenvalue weighted by Crippen LogP contribution is 2.28. The van der Waals surface area contributed by atoms with E-state index >= 15 is 0 Å². The molecule has 4 rings (SSSR count). The number of hydrogen-bond acceptors (Lipinski definition) is 4. The van der Waals surface area contributed by atoms with Crippen LogP contribution in [0.5, 0.6) is 0 Å². The van der Waals surface area contributed by atoms with Crippen LogP contribution in [-0.4, -0.2) is 24.4 Å². The molecule has 1 aromatic carbocycles. The summed E-state index contributed by atoms with van der Waals surface area (Å²) >= 11 is 0. The number of pyridine rings is 1. The fourth-order valence-electron chi connectivity index (χ4n) is 2.50. The average Bonchev–Trinajstić information content (AvgIpc) is 3.00. The molecular weight excluding hydrogens is 252 g/mol. The number of rotatable bonds is 1. The first-order valence-electron chi connectivity index (χ1n) is 6.25. The second kappa shape index (κ2) is 3.80. The van der Waals surface area contributed by atoms with Gasteiger partial charge in [0.2, 0.25) is 5.95 Å². The van der Waals surface area contributed by atoms with Gasteiger partial charge >= 0.3 is 0 Å². The summed E-state index contributed by atoms with van der Waals surface area (Å²) in [5.74, 6) is 0.279. The highest BCUT2D eigenvalue weighted by Gasteiger charge is 2.08. The van der Waals surface area contributed by atoms with Gasteiger partial charge in [-0.1, -0.05) is 12.1 Å². The predicted octanol–water partition coefficient (Wildman–Crippen LogP) is 1.87. The molecule has 20 heavy (non-hydrogen) atoms. The van der Waals surface area contributed by atoms with Crippen molar-refractivity contribution in [3.8, 4) is 11.1 Å². The summed E-state index contributed by atoms with van der Waals surface area (Å²) < 4.78 is 3.54. The second-order valence-electron chi connectivity index (χ2n) is 4.69. The molecule has 0 radical (unpaired) electrons. The smallest absolute Gasteiger partial charge is 0.240 e. The van der Waals surface area contributed by atoms with Crippen LogP contribution in [0.15, 0.2) is 42.7 Å². The molecule has 3 heterocycles. The number of nitrogens with zero attached hydrogens (tertiary/aromatic N) is 5. The number of nitrogen functional groups attached to an aromatic ring is 1. The molecule has 6 heteroatoms. The SMILES string of the molecule is Cn1ncc2c(-c3ccn4nc(N)nc4c3)cccc21. The summed E-state index contributed by atoms with van der Waals surface area (Å²) in [6.45, 7) is 0. The lowest BCUT2D eigenvalue weighted by Crippen LogP contribution is -1.90. The Labute approximate surface area is 114 Å². The van der Waals surface area contributed by atoms with E-state index in [2.05, 4.69) is 27.3 Å². The molecule has 2 N–H and O–H groups in total. The third kappa shape index (κ3) is 1.48. The van der Waals surface area contributed by atoms with E-state index in [0.29, 0.717) is 0 Å². The molecule has 0 spiro atoms. The first-order chi connectivity index (χ1) is 9.72. The minimum Gasteiger partial charge on any atom is -0.366 e. The van der Waals surface area contributed by atoms with Crippen molar-refractivity contribution < 1.29 is 0 Å². The van der Waals surface area contributed by atoms with Crippen molar-refractivity contribution in [2.75, 3.05) is 5.73 Å². The van der Waals surface area contributed by atoms with Crippen LogP contribution in [0.3, 0.4) is 0 Å². The molecule has 4 aromatic rings. The van der Waals surface area contributed by atoms with Crippen LogP contribution in [0.25, 0.3) is 27.7 Å². The van der Waals surface area contributed by atoms with Crippen LogP contribution >= 0.6 is 0 Å². The highest BCUT2D eigenvalue weighted by atomic mass is 15.3. The van der Waals surface area contributed by atoms with Crippen molar-refractivity contribution in [3.05, 3.63) is 42.7 Å². The zero-order chi connectivity index (χ0) is 13.7. The molecule has 0 aliphatic carbocycles. The molecule has 0 bridgehead atoms. The molecule has 6 nitrogen and oxygen atoms in total. The Kier molecular flexibility index (Phi) is 2.09. The summed E-state index contributed by atoms with van der Waals surface area (Å²) in [5, 5.41) is 9.51. The number of aryl methyl sites for hydroxylation is 1. The largest absolute Gasteiger partial charge is 0.366 e. The standard InChI is InChI=1S/C14H12N6/c1-19-12-4-2-3-10(11(12)8-16-19)9-5-6-20-13(7-9)17-14(15)18-20/h2-8H,1H3,(H2,15,18). The molecule has 0 fully saturated rings. The van der Waals surface area contributed by atoms with E-state index in [1.165, 1.54) is 0 Å². The first-order valence-corrected chi connectivity index (χ1v) is 6.25. The van der Waals surface area contributed by atoms with Gasteiger partial charge in [-0.05, 0) is 29.3 Å². The van der Waals surface area contributed by atoms with E-state index in [-0.39, 0.29) is 5.95 Å². The Morgan fingerprint density at radius 2 is 2.10 bits per heavy atom. The number of hydrogen-bond donors (Lipinski definition) is 1. The van der Waals surface area contributed by atoms with Crippen molar-refractivity contribution in [2.45, 2.75) is 0 Å². The minimum absolute atomic E-state index is 0.279. The van der Waals surface area contributed by atoms with Gasteiger partial charge in [-0.2, -0.15) is 10.1 Å². The maximum absolute atomic E-state index is 5.62. The molecule has 0 aliphatic rings. The van der Waals surface area contributed by atoms with E-state index in [1.54, 1.807) is 4.52 Å². The maximum Gasteiger partial charge on any atom is 0.240 e. The molecule has 98 valence electrons. The van der Waals surface area contributed by atoms with Crippen molar-refractivity contribution in [3.63, 3.8) is 0 Å². The lowest BCUT2D eigenvalue weighted by Gasteiger charge is -2.04. The van der Waals surface area contributed by atoms with Gasteiger partial charge in [0.1, 0.15) is 0 Å². The molecule has 0 saturated heterocycles. The Morgan fingerprint density at radius 1 is 1.20 bits per heavy atom. The lowest BCUT2D eigenvalue weighted by atomic mass is 10.0. The zero-order valence-corrected chi connectivity index (χ0v) is 10.9. The first kappa shape index (κ1) is 11.0. The number of fused-ring (bicyclic) bond motifs is 2. The summed E-state index contributed by atoms with van der Waals surface area (Å²) in [7, 11) is 1.94. The number of nitrogens with two attached hydrogens (primary N) is 1. The van der Waals surface area contributed by atoms with Gasteiger partial charge in [0, 0.05) is 18.6 Å². The van der Waals surface area contributed by atoms with Crippen LogP contribution in [0, 0.1) is 0 Å². The average molecular weight is 264 g/mol. The van der Waals surface area contributed by atoms with Crippen LogP contribution in [0.2, 0.25) is 0 Å². The summed E-state index contributed by atoms with van der Waals surface area (Å²) in [6, 6.07) is 10.1. The van der Waals surface area contributed by atoms with E-state index < -0.39 is 0 Å². The van der Waals surface area contributed by atoms with Crippen LogP contribution < -0.4 is 5.73 Å². The monoisotopic (exact) mass is 264 g/mol. The van der Waals surface area contributed by atoms with Crippen molar-refractivity contribution in [1.82, 2.24) is 24.4 Å². The Bertz CT molecular complexity index is 933. The van der Waals surface area contributed by atoms with Gasteiger partial charge in [-0.3, -0.25) is 4.68 Å². The molecule has 0 saturated carbocycles. The van der Waals surface area contributed by atoms with Gasteiger partial charge in [0.15, 0.2) is 5.65 Å². The quantitative estimate of drug-likeness (QED) is 0.569. The Balaban J connectivity index is 2.00. The summed E-state index contributed by atoms with van der Waals surface area (Å²) in [6.07, 6.45) is 3.75. The van der Waals surface area contributed by atoms with Gasteiger partial charge < -0.3 is 5.73 Å². The molecule has 0 unspecified atom stereocenters. The van der Waals surface area contributed by atoms with E-state index in [9.17, 15) is 0 Å². The van der Waals surface area contributed by atoms with Crippen molar-refractivity contribution in [2.24, 2.45) is 7.05 Å². The topological polar surface area (TPSA) is 74.0 Å². The highest BCUT2D eigenvalue weighted by molar-refractivity contribution is 5.95. The van der Waals surface area contributed by atoms with Gasteiger partial charge in [0.25, 0.3) is 0 Å². The van der Waals surface area contributed by atoms with Crippen LogP contribution in [-0.2, 0) is 7.05 Å². The molecule has 0 atom stereocenters.